The highest BCUT2D eigenvalue weighted by Crippen LogP contribution is 2.28. The van der Waals surface area contributed by atoms with E-state index in [0.717, 1.165) is 76.6 Å². The average Bonchev–Trinajstić information content (AvgIpc) is 1.82. The van der Waals surface area contributed by atoms with E-state index in [1.54, 1.807) is 0 Å². The van der Waals surface area contributed by atoms with E-state index < -0.39 is 240 Å². The van der Waals surface area contributed by atoms with Crippen LogP contribution in [-0.2, 0) is 94.3 Å². The van der Waals surface area contributed by atoms with Gasteiger partial charge in [0.1, 0.15) is 84.0 Å². The minimum atomic E-state index is -1.91. The molecule has 4 bridgehead atoms. The zero-order valence-electron chi connectivity index (χ0n) is 55.8. The molecule has 14 amide bonds. The number of hydrogen-bond acceptors (Lipinski definition) is 27. The Labute approximate surface area is 613 Å². The van der Waals surface area contributed by atoms with E-state index in [1.807, 2.05) is 0 Å². The highest BCUT2D eigenvalue weighted by atomic mass is 33.1. The number of aliphatic carboxylic acids is 1. The molecular formula is C61H83N15O21S6. The van der Waals surface area contributed by atoms with Crippen molar-refractivity contribution in [3.8, 4) is 11.5 Å². The van der Waals surface area contributed by atoms with Crippen LogP contribution in [0.3, 0.4) is 0 Å². The Bertz CT molecular complexity index is 3440. The number of amides is 14. The van der Waals surface area contributed by atoms with E-state index in [2.05, 4.69) is 63.8 Å². The number of rotatable bonds is 14. The van der Waals surface area contributed by atoms with Crippen LogP contribution in [0.15, 0.2) is 48.5 Å². The predicted molar refractivity (Wildman–Crippen MR) is 380 cm³/mol. The molecule has 4 saturated heterocycles. The number of aliphatic hydroxyl groups excluding tert-OH is 1. The fraction of sp³-hybridized carbons (Fsp3) is 0.541. The molecule has 4 aliphatic rings. The van der Waals surface area contributed by atoms with Gasteiger partial charge in [-0.3, -0.25) is 71.9 Å². The molecule has 36 nitrogen and oxygen atoms in total. The molecule has 2 aromatic carbocycles. The van der Waals surface area contributed by atoms with Crippen LogP contribution in [0, 0.1) is 0 Å². The third-order valence-electron chi connectivity index (χ3n) is 15.8. The molecule has 42 heteroatoms. The quantitative estimate of drug-likeness (QED) is 0.0477. The zero-order chi connectivity index (χ0) is 75.6. The smallest absolute Gasteiger partial charge is 0.328 e. The van der Waals surface area contributed by atoms with Gasteiger partial charge in [-0.25, -0.2) is 4.79 Å². The monoisotopic (exact) mass is 1550 g/mol. The van der Waals surface area contributed by atoms with Crippen LogP contribution in [0.1, 0.15) is 64.0 Å². The largest absolute Gasteiger partial charge is 0.508 e. The van der Waals surface area contributed by atoms with Crippen molar-refractivity contribution in [3.05, 3.63) is 59.7 Å². The number of primary amides is 1. The number of esters is 1. The van der Waals surface area contributed by atoms with Crippen LogP contribution in [0.25, 0.3) is 0 Å². The summed E-state index contributed by atoms with van der Waals surface area (Å²) in [6.45, 7) is 2.60. The number of carbonyl (C=O) groups is 16. The molecular weight excluding hydrogens is 1470 g/mol. The van der Waals surface area contributed by atoms with Crippen molar-refractivity contribution < 1.29 is 102 Å². The van der Waals surface area contributed by atoms with Crippen LogP contribution >= 0.6 is 64.8 Å². The average molecular weight is 1550 g/mol. The van der Waals surface area contributed by atoms with Gasteiger partial charge < -0.3 is 105 Å². The maximum Gasteiger partial charge on any atom is 0.328 e. The van der Waals surface area contributed by atoms with Crippen molar-refractivity contribution in [1.82, 2.24) is 68.7 Å². The molecule has 564 valence electrons. The highest BCUT2D eigenvalue weighted by molar-refractivity contribution is 8.77. The minimum absolute atomic E-state index is 0.00464. The van der Waals surface area contributed by atoms with Gasteiger partial charge in [-0.1, -0.05) is 89.0 Å². The number of carboxylic acid groups (broad SMARTS) is 1. The van der Waals surface area contributed by atoms with Gasteiger partial charge in [-0.2, -0.15) is 0 Å². The number of benzene rings is 2. The molecule has 6 rings (SSSR count). The molecule has 0 saturated carbocycles. The van der Waals surface area contributed by atoms with Gasteiger partial charge in [0.05, 0.1) is 31.7 Å². The van der Waals surface area contributed by atoms with E-state index in [9.17, 15) is 87.5 Å². The lowest BCUT2D eigenvalue weighted by atomic mass is 10.0. The SMILES string of the molecule is CCOC(=O)[C@H](Cc1ccc(O)cc1)NC(=O)[C@@H]1CSSC[C@@H]2NC(=O)[C@H](Cc3ccc(O)cc3)NC(=O)[C@H](CCC(=O)O)NC(=O)[C@@H]3CSSC[C@H](NC(=O)[C@H](C)NC(=O)[C@@H]4CCCN4C(=O)[C@H](CC(N)=O)NC(=O)[C@H](CSSC[C@H](N)C(=O)N3)NC2=O)C(=O)N[C@@H]([C@H](C)O)C(=O)NCC(=O)N1. The van der Waals surface area contributed by atoms with Gasteiger partial charge in [0.15, 0.2) is 0 Å². The fourth-order valence-electron chi connectivity index (χ4n) is 10.3. The standard InChI is InChI=1S/C61H83N15O21S6/c1-4-97-61(96)38(19-31-9-13-33(79)14-10-31)70-53(88)39-23-100-102-26-42-56(91)74-41-25-99-98-22-34(62)50(85)72-40(54(89)67-35(15-16-47(82)83)51(86)68-36(52(87)73-42)18-30-7-11-32(78)12-8-30)24-101-103-27-43(57(92)75-48(29(3)77)59(94)64-21-46(81)66-39)71-49(84)28(2)65-58(93)44-6-5-17-76(44)60(95)37(20-45(63)80)69-55(41)90/h7-14,28-29,34-44,48,77-79H,4-6,15-27,62H2,1-3H3,(H2,63,80)(H,64,94)(H,65,93)(H,66,81)(H,67,89)(H,68,86)(H,69,90)(H,70,88)(H,71,84)(H,72,85)(H,73,87)(H,74,91)(H,75,92)(H,82,83)/t28-,29-,34-,35-,36-,37-,38-,39-,40-,41-,42-,43-,44-,48-/m0/s1. The van der Waals surface area contributed by atoms with Crippen LogP contribution in [0.5, 0.6) is 11.5 Å². The topological polar surface area (TPSA) is 563 Å². The molecule has 103 heavy (non-hydrogen) atoms. The lowest BCUT2D eigenvalue weighted by molar-refractivity contribution is -0.147. The van der Waals surface area contributed by atoms with Gasteiger partial charge in [0.25, 0.3) is 0 Å². The molecule has 0 aromatic heterocycles. The fourth-order valence-corrected chi connectivity index (χ4v) is 17.2. The number of carbonyl (C=O) groups excluding carboxylic acids is 15. The number of fused-ring (bicyclic) bond motifs is 20. The summed E-state index contributed by atoms with van der Waals surface area (Å²) >= 11 is 0. The van der Waals surface area contributed by atoms with E-state index in [4.69, 9.17) is 16.2 Å². The van der Waals surface area contributed by atoms with E-state index in [1.165, 1.54) is 62.4 Å². The first-order valence-corrected chi connectivity index (χ1v) is 39.7. The Morgan fingerprint density at radius 2 is 1.10 bits per heavy atom. The van der Waals surface area contributed by atoms with E-state index in [0.29, 0.717) is 5.56 Å². The summed E-state index contributed by atoms with van der Waals surface area (Å²) in [6.07, 6.45) is -4.52. The summed E-state index contributed by atoms with van der Waals surface area (Å²) in [5.74, 6) is -20.7. The minimum Gasteiger partial charge on any atom is -0.508 e. The van der Waals surface area contributed by atoms with Crippen LogP contribution in [0.4, 0.5) is 0 Å². The molecule has 20 N–H and O–H groups in total. The summed E-state index contributed by atoms with van der Waals surface area (Å²) in [4.78, 5) is 228. The Morgan fingerprint density at radius 1 is 0.602 bits per heavy atom. The number of aliphatic hydroxyl groups is 1. The van der Waals surface area contributed by atoms with Gasteiger partial charge >= 0.3 is 11.9 Å². The van der Waals surface area contributed by atoms with Crippen LogP contribution < -0.4 is 75.3 Å². The summed E-state index contributed by atoms with van der Waals surface area (Å²) in [6, 6.07) is -11.0. The predicted octanol–water partition coefficient (Wildman–Crippen LogP) is -5.46. The van der Waals surface area contributed by atoms with Crippen LogP contribution in [0.2, 0.25) is 0 Å². The summed E-state index contributed by atoms with van der Waals surface area (Å²) in [5.41, 5.74) is 12.8. The molecule has 4 heterocycles. The van der Waals surface area contributed by atoms with Crippen molar-refractivity contribution >= 4 is 159 Å². The lowest BCUT2D eigenvalue weighted by Gasteiger charge is -2.30. The van der Waals surface area contributed by atoms with Crippen molar-refractivity contribution in [2.24, 2.45) is 11.5 Å². The summed E-state index contributed by atoms with van der Waals surface area (Å²) in [7, 11) is 4.85. The Kier molecular flexibility index (Phi) is 33.4. The molecule has 0 spiro atoms. The lowest BCUT2D eigenvalue weighted by Crippen LogP contribution is -2.61. The second-order valence-corrected chi connectivity index (χ2v) is 31.5. The van der Waals surface area contributed by atoms with Crippen molar-refractivity contribution in [1.29, 1.82) is 0 Å². The maximum absolute atomic E-state index is 15.2. The molecule has 0 radical (unpaired) electrons. The van der Waals surface area contributed by atoms with Gasteiger partial charge in [0, 0.05) is 60.3 Å². The summed E-state index contributed by atoms with van der Waals surface area (Å²) in [5, 5.41) is 70.8. The summed E-state index contributed by atoms with van der Waals surface area (Å²) < 4.78 is 5.27. The maximum atomic E-state index is 15.2. The highest BCUT2D eigenvalue weighted by Gasteiger charge is 2.42. The molecule has 4 aliphatic heterocycles. The number of carboxylic acids is 1. The van der Waals surface area contributed by atoms with E-state index in [-0.39, 0.29) is 55.2 Å². The number of hydrogen-bond donors (Lipinski definition) is 18. The number of ether oxygens (including phenoxy) is 1. The van der Waals surface area contributed by atoms with Crippen molar-refractivity contribution in [2.75, 3.05) is 54.2 Å². The second-order valence-electron chi connectivity index (χ2n) is 23.9. The number of phenolic OH excluding ortho intramolecular Hbond substituents is 2. The van der Waals surface area contributed by atoms with Crippen molar-refractivity contribution in [3.63, 3.8) is 0 Å². The van der Waals surface area contributed by atoms with Gasteiger partial charge in [-0.15, -0.1) is 0 Å². The first kappa shape index (κ1) is 83.5. The number of nitrogens with zero attached hydrogens (tertiary/aromatic N) is 1. The first-order valence-electron chi connectivity index (χ1n) is 32.2. The third kappa shape index (κ3) is 26.7. The molecule has 14 atom stereocenters. The van der Waals surface area contributed by atoms with Crippen molar-refractivity contribution in [2.45, 2.75) is 150 Å². The molecule has 0 unspecified atom stereocenters. The number of phenols is 2. The van der Waals surface area contributed by atoms with Gasteiger partial charge in [-0.05, 0) is 75.4 Å². The number of aromatic hydroxyl groups is 2. The van der Waals surface area contributed by atoms with Crippen LogP contribution in [-0.4, -0.2) is 259 Å². The third-order valence-corrected chi connectivity index (χ3v) is 23.1. The Morgan fingerprint density at radius 3 is 1.66 bits per heavy atom. The van der Waals surface area contributed by atoms with E-state index >= 15 is 9.59 Å². The molecule has 0 aliphatic carbocycles. The normalized spacial score (nSPS) is 27.0. The number of nitrogens with two attached hydrogens (primary N) is 2. The Balaban J connectivity index is 1.56. The Hall–Kier alpha value is -8.42. The molecule has 2 aromatic rings. The number of nitrogens with one attached hydrogen (secondary N) is 12. The zero-order valence-corrected chi connectivity index (χ0v) is 60.7. The second kappa shape index (κ2) is 41.2. The molecule has 4 fully saturated rings. The first-order chi connectivity index (χ1) is 48.9. The van der Waals surface area contributed by atoms with Gasteiger partial charge in [0.2, 0.25) is 82.7 Å².